The number of benzene rings is 1. The summed E-state index contributed by atoms with van der Waals surface area (Å²) in [6.07, 6.45) is 0. The van der Waals surface area contributed by atoms with E-state index in [9.17, 15) is 4.80 Å². The zero-order valence-electron chi connectivity index (χ0n) is 8.39. The summed E-state index contributed by atoms with van der Waals surface area (Å²) in [6, 6.07) is 10.3. The molecule has 1 rings (SSSR count). The van der Waals surface area contributed by atoms with Crippen LogP contribution in [0, 0.1) is 0 Å². The summed E-state index contributed by atoms with van der Waals surface area (Å²) < 4.78 is 0. The molecule has 0 radical (unpaired) electrons. The van der Waals surface area contributed by atoms with Gasteiger partial charge in [-0.2, -0.15) is 0 Å². The van der Waals surface area contributed by atoms with E-state index in [1.54, 1.807) is 0 Å². The van der Waals surface area contributed by atoms with Gasteiger partial charge in [-0.3, -0.25) is 0 Å². The van der Waals surface area contributed by atoms with Gasteiger partial charge in [-0.1, -0.05) is 30.3 Å². The Kier molecular flexibility index (Phi) is 6.88. The highest BCUT2D eigenvalue weighted by Crippen LogP contribution is 1.84. The van der Waals surface area contributed by atoms with Crippen molar-refractivity contribution < 1.29 is 9.59 Å². The van der Waals surface area contributed by atoms with Crippen molar-refractivity contribution >= 4 is 57.2 Å². The Morgan fingerprint density at radius 1 is 1.00 bits per heavy atom. The first-order valence-electron chi connectivity index (χ1n) is 5.18. The topological polar surface area (TPSA) is 40.5 Å². The molecule has 0 amide bonds. The van der Waals surface area contributed by atoms with E-state index in [4.69, 9.17) is 4.80 Å². The maximum atomic E-state index is 10.0. The van der Waals surface area contributed by atoms with Crippen LogP contribution in [0.1, 0.15) is 0 Å². The maximum Gasteiger partial charge on any atom is 0.180 e. The molecular weight excluding hydrogens is 273 g/mol. The van der Waals surface area contributed by atoms with E-state index < -0.39 is 17.8 Å². The highest BCUT2D eigenvalue weighted by Gasteiger charge is 2.09. The van der Waals surface area contributed by atoms with Gasteiger partial charge in [0.15, 0.2) is 8.56 Å². The van der Waals surface area contributed by atoms with Crippen LogP contribution in [0.2, 0.25) is 0 Å². The highest BCUT2D eigenvalue weighted by molar-refractivity contribution is 7.60. The summed E-state index contributed by atoms with van der Waals surface area (Å²) >= 11 is 0. The van der Waals surface area contributed by atoms with Crippen LogP contribution in [-0.2, 0) is 0 Å². The average Bonchev–Trinajstić information content (AvgIpc) is 2.25. The zero-order valence-corrected chi connectivity index (χ0v) is 16.6. The van der Waals surface area contributed by atoms with Crippen LogP contribution >= 0.6 is 0 Å². The van der Waals surface area contributed by atoms with Crippen LogP contribution in [0.5, 0.6) is 0 Å². The fourth-order valence-electron chi connectivity index (χ4n) is 1.47. The Bertz CT molecular complexity index is 245. The van der Waals surface area contributed by atoms with Crippen molar-refractivity contribution in [2.45, 2.75) is 0 Å². The molecule has 8 heteroatoms. The first kappa shape index (κ1) is 12.5. The second-order valence-electron chi connectivity index (χ2n) is 3.50. The summed E-state index contributed by atoms with van der Waals surface area (Å²) in [5.41, 5.74) is 0. The van der Waals surface area contributed by atoms with Gasteiger partial charge in [0.2, 0.25) is 0 Å². The van der Waals surface area contributed by atoms with Crippen LogP contribution in [0.3, 0.4) is 0 Å². The highest BCUT2D eigenvalue weighted by atomic mass is 29.9. The molecule has 0 aliphatic heterocycles. The summed E-state index contributed by atoms with van der Waals surface area (Å²) in [5.74, 6) is 0. The van der Waals surface area contributed by atoms with Crippen LogP contribution in [0.15, 0.2) is 30.3 Å². The van der Waals surface area contributed by atoms with E-state index in [0.29, 0.717) is 0 Å². The normalized spacial score (nSPS) is 17.0. The van der Waals surface area contributed by atoms with Crippen LogP contribution < -0.4 is 5.19 Å². The summed E-state index contributed by atoms with van der Waals surface area (Å²) in [5, 5.41) is 1.27. The molecule has 1 unspecified atom stereocenters. The Labute approximate surface area is 97.1 Å². The summed E-state index contributed by atoms with van der Waals surface area (Å²) in [6.45, 7) is 0. The van der Waals surface area contributed by atoms with E-state index in [1.165, 1.54) is 5.19 Å². The van der Waals surface area contributed by atoms with Gasteiger partial charge in [-0.05, 0) is 22.3 Å². The first-order chi connectivity index (χ1) is 6.84. The molecule has 2 nitrogen and oxygen atoms in total. The Hall–Kier alpha value is 0.441. The van der Waals surface area contributed by atoms with Crippen molar-refractivity contribution in [2.24, 2.45) is 0 Å². The quantitative estimate of drug-likeness (QED) is 0.405. The summed E-state index contributed by atoms with van der Waals surface area (Å²) in [7, 11) is -1.29. The number of hydrogen-bond acceptors (Lipinski definition) is 2. The Balaban J connectivity index is 2.25. The van der Waals surface area contributed by atoms with E-state index in [0.717, 1.165) is 0 Å². The molecule has 0 aromatic heterocycles. The average molecular weight is 291 g/mol. The molecule has 0 aliphatic carbocycles. The third-order valence-electron chi connectivity index (χ3n) is 2.32. The van der Waals surface area contributed by atoms with Crippen molar-refractivity contribution in [1.82, 2.24) is 0 Å². The van der Waals surface area contributed by atoms with Crippen molar-refractivity contribution in [3.8, 4) is 0 Å². The predicted molar refractivity (Wildman–Crippen MR) is 80.4 cm³/mol. The summed E-state index contributed by atoms with van der Waals surface area (Å²) in [4.78, 5) is 18.9. The van der Waals surface area contributed by atoms with Gasteiger partial charge < -0.3 is 9.59 Å². The van der Waals surface area contributed by atoms with Gasteiger partial charge in [0.05, 0.1) is 0 Å². The molecule has 0 spiro atoms. The minimum Gasteiger partial charge on any atom is -0.442 e. The van der Waals surface area contributed by atoms with Gasteiger partial charge in [-0.15, -0.1) is 0 Å². The molecule has 14 heavy (non-hydrogen) atoms. The van der Waals surface area contributed by atoms with Gasteiger partial charge in [0, 0.05) is 17.1 Å². The number of rotatable bonds is 6. The molecule has 0 bridgehead atoms. The molecule has 1 aromatic carbocycles. The minimum atomic E-state index is -1.41. The molecule has 0 heterocycles. The zero-order chi connectivity index (χ0) is 10.2. The van der Waals surface area contributed by atoms with Crippen LogP contribution in [-0.4, -0.2) is 61.6 Å². The third-order valence-corrected chi connectivity index (χ3v) is 72.4. The monoisotopic (exact) mass is 290 g/mol. The second kappa shape index (κ2) is 7.70. The molecular formula is C6H18O2Si6. The SMILES string of the molecule is O[SiH2][SiH2][SiH2][SiH2][SiH2][SiH](O)c1ccccc1. The van der Waals surface area contributed by atoms with Crippen molar-refractivity contribution in [2.75, 3.05) is 0 Å². The fraction of sp³-hybridized carbons (Fsp3) is 0. The molecule has 0 saturated heterocycles. The molecule has 78 valence electrons. The van der Waals surface area contributed by atoms with E-state index >= 15 is 0 Å². The van der Waals surface area contributed by atoms with Crippen molar-refractivity contribution in [3.05, 3.63) is 30.3 Å². The van der Waals surface area contributed by atoms with E-state index in [-0.39, 0.29) is 34.2 Å². The lowest BCUT2D eigenvalue weighted by Gasteiger charge is -2.06. The van der Waals surface area contributed by atoms with Gasteiger partial charge in [0.25, 0.3) is 0 Å². The Morgan fingerprint density at radius 2 is 1.71 bits per heavy atom. The lowest BCUT2D eigenvalue weighted by atomic mass is 10.4. The number of hydrogen-bond donors (Lipinski definition) is 2. The fourth-order valence-corrected chi connectivity index (χ4v) is 109. The van der Waals surface area contributed by atoms with Gasteiger partial charge in [0.1, 0.15) is 9.28 Å². The van der Waals surface area contributed by atoms with Crippen molar-refractivity contribution in [1.29, 1.82) is 0 Å². The molecule has 0 saturated carbocycles. The van der Waals surface area contributed by atoms with Crippen LogP contribution in [0.4, 0.5) is 0 Å². The van der Waals surface area contributed by atoms with Crippen LogP contribution in [0.25, 0.3) is 0 Å². The molecule has 1 aromatic rings. The second-order valence-corrected chi connectivity index (χ2v) is 44.4. The molecule has 1 atom stereocenters. The predicted octanol–water partition coefficient (Wildman–Crippen LogP) is -5.48. The standard InChI is InChI=1S/C6H18O2Si6/c7-9-10-11-12-13-14(8)6-4-2-1-3-5-6/h1-5,7-8,14H,9-13H2. The smallest absolute Gasteiger partial charge is 0.180 e. The van der Waals surface area contributed by atoms with Gasteiger partial charge in [-0.25, -0.2) is 0 Å². The Morgan fingerprint density at radius 3 is 2.36 bits per heavy atom. The van der Waals surface area contributed by atoms with E-state index in [1.807, 2.05) is 18.2 Å². The molecule has 2 N–H and O–H groups in total. The molecule has 0 fully saturated rings. The van der Waals surface area contributed by atoms with E-state index in [2.05, 4.69) is 12.1 Å². The first-order valence-corrected chi connectivity index (χ1v) is 26.2. The lowest BCUT2D eigenvalue weighted by Crippen LogP contribution is -2.42. The molecule has 0 aliphatic rings. The third kappa shape index (κ3) is 4.79. The van der Waals surface area contributed by atoms with Crippen molar-refractivity contribution in [3.63, 3.8) is 0 Å². The maximum absolute atomic E-state index is 10.0. The lowest BCUT2D eigenvalue weighted by molar-refractivity contribution is 0.607. The van der Waals surface area contributed by atoms with Gasteiger partial charge >= 0.3 is 0 Å². The largest absolute Gasteiger partial charge is 0.442 e. The minimum absolute atomic E-state index is 0.0420.